The zero-order valence-electron chi connectivity index (χ0n) is 11.8. The molecule has 1 fully saturated rings. The Labute approximate surface area is 125 Å². The third-order valence-electron chi connectivity index (χ3n) is 3.08. The minimum Gasteiger partial charge on any atom is -0.314 e. The first-order valence-corrected chi connectivity index (χ1v) is 6.63. The molecule has 1 aliphatic carbocycles. The molecule has 1 aromatic carbocycles. The van der Waals surface area contributed by atoms with Crippen LogP contribution < -0.4 is 10.7 Å². The Morgan fingerprint density at radius 1 is 1.50 bits per heavy atom. The van der Waals surface area contributed by atoms with Crippen molar-refractivity contribution in [3.63, 3.8) is 0 Å². The van der Waals surface area contributed by atoms with Crippen LogP contribution in [0, 0.1) is 27.2 Å². The van der Waals surface area contributed by atoms with Gasteiger partial charge in [0.15, 0.2) is 0 Å². The van der Waals surface area contributed by atoms with Gasteiger partial charge in [0.2, 0.25) is 5.82 Å². The van der Waals surface area contributed by atoms with Crippen molar-refractivity contribution in [1.29, 1.82) is 5.41 Å². The van der Waals surface area contributed by atoms with Gasteiger partial charge < -0.3 is 10.7 Å². The zero-order valence-corrected chi connectivity index (χ0v) is 11.8. The fourth-order valence-corrected chi connectivity index (χ4v) is 1.78. The topological polar surface area (TPSA) is 103 Å². The van der Waals surface area contributed by atoms with Gasteiger partial charge in [0.25, 0.3) is 0 Å². The van der Waals surface area contributed by atoms with Crippen molar-refractivity contribution in [2.24, 2.45) is 5.10 Å². The van der Waals surface area contributed by atoms with Crippen LogP contribution in [0.1, 0.15) is 18.4 Å². The molecule has 22 heavy (non-hydrogen) atoms. The van der Waals surface area contributed by atoms with Crippen LogP contribution in [0.3, 0.4) is 0 Å². The highest BCUT2D eigenvalue weighted by molar-refractivity contribution is 6.48. The molecular weight excluding hydrogens is 296 g/mol. The zero-order chi connectivity index (χ0) is 16.3. The van der Waals surface area contributed by atoms with Crippen molar-refractivity contribution in [3.05, 3.63) is 39.4 Å². The molecule has 1 saturated carbocycles. The van der Waals surface area contributed by atoms with Gasteiger partial charge in [0, 0.05) is 18.2 Å². The van der Waals surface area contributed by atoms with Crippen LogP contribution in [0.15, 0.2) is 17.2 Å². The Bertz CT molecular complexity index is 644. The predicted octanol–water partition coefficient (Wildman–Crippen LogP) is 1.57. The summed E-state index contributed by atoms with van der Waals surface area (Å²) in [6.07, 6.45) is 1.92. The lowest BCUT2D eigenvalue weighted by atomic mass is 10.0. The van der Waals surface area contributed by atoms with E-state index in [1.54, 1.807) is 7.05 Å². The predicted molar refractivity (Wildman–Crippen MR) is 77.4 cm³/mol. The van der Waals surface area contributed by atoms with E-state index in [4.69, 9.17) is 5.41 Å². The summed E-state index contributed by atoms with van der Waals surface area (Å²) in [4.78, 5) is 9.72. The maximum Gasteiger partial charge on any atom is 0.308 e. The van der Waals surface area contributed by atoms with E-state index >= 15 is 0 Å². The number of rotatable bonds is 7. The van der Waals surface area contributed by atoms with E-state index in [1.165, 1.54) is 0 Å². The standard InChI is InChI=1S/C13H15F2N5O2/c1-17-6-10(19-18-8-2-3-8)13(16)9-4-7(14)5-11(12(9)15)20(21)22/h4-5,8,16-18H,2-3,6H2,1H3/b16-13?,19-10-. The smallest absolute Gasteiger partial charge is 0.308 e. The molecule has 0 unspecified atom stereocenters. The summed E-state index contributed by atoms with van der Waals surface area (Å²) in [6.45, 7) is 0.141. The second-order valence-electron chi connectivity index (χ2n) is 4.91. The summed E-state index contributed by atoms with van der Waals surface area (Å²) in [7, 11) is 1.62. The van der Waals surface area contributed by atoms with Crippen molar-refractivity contribution < 1.29 is 13.7 Å². The fourth-order valence-electron chi connectivity index (χ4n) is 1.78. The van der Waals surface area contributed by atoms with Crippen LogP contribution in [-0.2, 0) is 0 Å². The van der Waals surface area contributed by atoms with E-state index in [0.29, 0.717) is 6.07 Å². The molecule has 0 bridgehead atoms. The SMILES string of the molecule is CNC/C(=N/NC1CC1)C(=N)c1cc(F)cc([N+](=O)[O-])c1F. The quantitative estimate of drug-likeness (QED) is 0.404. The number of nitrogens with one attached hydrogen (secondary N) is 3. The van der Waals surface area contributed by atoms with E-state index in [1.807, 2.05) is 0 Å². The van der Waals surface area contributed by atoms with Crippen molar-refractivity contribution in [2.45, 2.75) is 18.9 Å². The first kappa shape index (κ1) is 16.0. The first-order valence-electron chi connectivity index (χ1n) is 6.63. The number of hydrogen-bond acceptors (Lipinski definition) is 6. The molecule has 7 nitrogen and oxygen atoms in total. The Morgan fingerprint density at radius 3 is 2.73 bits per heavy atom. The van der Waals surface area contributed by atoms with Crippen molar-refractivity contribution in [1.82, 2.24) is 10.7 Å². The van der Waals surface area contributed by atoms with E-state index in [-0.39, 0.29) is 18.3 Å². The third kappa shape index (κ3) is 3.61. The van der Waals surface area contributed by atoms with Gasteiger partial charge in [-0.1, -0.05) is 0 Å². The molecule has 0 amide bonds. The van der Waals surface area contributed by atoms with Crippen LogP contribution >= 0.6 is 0 Å². The monoisotopic (exact) mass is 311 g/mol. The lowest BCUT2D eigenvalue weighted by Gasteiger charge is -2.10. The number of halogens is 2. The van der Waals surface area contributed by atoms with Gasteiger partial charge in [-0.25, -0.2) is 4.39 Å². The van der Waals surface area contributed by atoms with Crippen LogP contribution in [0.5, 0.6) is 0 Å². The molecule has 0 aliphatic heterocycles. The molecule has 3 N–H and O–H groups in total. The first-order chi connectivity index (χ1) is 10.4. The van der Waals surface area contributed by atoms with Crippen LogP contribution in [-0.4, -0.2) is 36.0 Å². The normalized spacial score (nSPS) is 14.8. The summed E-state index contributed by atoms with van der Waals surface area (Å²) in [5.74, 6) is -2.22. The van der Waals surface area contributed by atoms with Gasteiger partial charge in [-0.3, -0.25) is 15.5 Å². The Hall–Kier alpha value is -2.42. The molecule has 0 atom stereocenters. The number of nitro benzene ring substituents is 1. The Morgan fingerprint density at radius 2 is 2.18 bits per heavy atom. The molecule has 1 aliphatic rings. The lowest BCUT2D eigenvalue weighted by Crippen LogP contribution is -2.30. The van der Waals surface area contributed by atoms with Gasteiger partial charge in [-0.05, 0) is 26.0 Å². The highest BCUT2D eigenvalue weighted by Gasteiger charge is 2.25. The van der Waals surface area contributed by atoms with Gasteiger partial charge in [-0.15, -0.1) is 0 Å². The summed E-state index contributed by atoms with van der Waals surface area (Å²) >= 11 is 0. The molecule has 2 rings (SSSR count). The van der Waals surface area contributed by atoms with E-state index in [0.717, 1.165) is 18.9 Å². The minimum atomic E-state index is -1.24. The van der Waals surface area contributed by atoms with Crippen LogP contribution in [0.4, 0.5) is 14.5 Å². The molecular formula is C13H15F2N5O2. The molecule has 9 heteroatoms. The summed E-state index contributed by atoms with van der Waals surface area (Å²) in [5.41, 5.74) is 1.08. The Kier molecular flexibility index (Phi) is 4.76. The molecule has 118 valence electrons. The number of nitrogens with zero attached hydrogens (tertiary/aromatic N) is 2. The van der Waals surface area contributed by atoms with E-state index in [9.17, 15) is 18.9 Å². The lowest BCUT2D eigenvalue weighted by molar-refractivity contribution is -0.387. The number of benzene rings is 1. The number of hydrazone groups is 1. The third-order valence-corrected chi connectivity index (χ3v) is 3.08. The van der Waals surface area contributed by atoms with Crippen molar-refractivity contribution in [3.8, 4) is 0 Å². The van der Waals surface area contributed by atoms with Gasteiger partial charge in [-0.2, -0.15) is 9.49 Å². The molecule has 0 heterocycles. The van der Waals surface area contributed by atoms with Crippen LogP contribution in [0.2, 0.25) is 0 Å². The van der Waals surface area contributed by atoms with E-state index in [2.05, 4.69) is 15.8 Å². The molecule has 0 radical (unpaired) electrons. The summed E-state index contributed by atoms with van der Waals surface area (Å²) in [5, 5.41) is 25.5. The summed E-state index contributed by atoms with van der Waals surface area (Å²) in [6, 6.07) is 1.47. The second-order valence-corrected chi connectivity index (χ2v) is 4.91. The summed E-state index contributed by atoms with van der Waals surface area (Å²) < 4.78 is 27.6. The highest BCUT2D eigenvalue weighted by Crippen LogP contribution is 2.23. The second kappa shape index (κ2) is 6.56. The van der Waals surface area contributed by atoms with Crippen molar-refractivity contribution >= 4 is 17.1 Å². The molecule has 0 saturated heterocycles. The number of hydrogen-bond donors (Lipinski definition) is 3. The maximum absolute atomic E-state index is 14.1. The average Bonchev–Trinajstić information content (AvgIpc) is 3.28. The largest absolute Gasteiger partial charge is 0.314 e. The molecule has 0 aromatic heterocycles. The minimum absolute atomic E-state index is 0.141. The highest BCUT2D eigenvalue weighted by atomic mass is 19.1. The van der Waals surface area contributed by atoms with Gasteiger partial charge >= 0.3 is 5.69 Å². The van der Waals surface area contributed by atoms with Crippen LogP contribution in [0.25, 0.3) is 0 Å². The molecule has 1 aromatic rings. The maximum atomic E-state index is 14.1. The fraction of sp³-hybridized carbons (Fsp3) is 0.385. The van der Waals surface area contributed by atoms with E-state index < -0.39 is 33.5 Å². The van der Waals surface area contributed by atoms with Gasteiger partial charge in [0.05, 0.1) is 22.4 Å². The van der Waals surface area contributed by atoms with Crippen molar-refractivity contribution in [2.75, 3.05) is 13.6 Å². The molecule has 0 spiro atoms. The average molecular weight is 311 g/mol. The number of nitro groups is 1. The van der Waals surface area contributed by atoms with Gasteiger partial charge in [0.1, 0.15) is 5.82 Å². The Balaban J connectivity index is 2.37.